The summed E-state index contributed by atoms with van der Waals surface area (Å²) in [5, 5.41) is 0. The molecule has 0 spiro atoms. The minimum absolute atomic E-state index is 0.190. The first-order valence-electron chi connectivity index (χ1n) is 5.36. The van der Waals surface area contributed by atoms with E-state index in [0.717, 1.165) is 17.0 Å². The number of alkyl halides is 3. The van der Waals surface area contributed by atoms with Crippen molar-refractivity contribution in [2.45, 2.75) is 25.1 Å². The maximum absolute atomic E-state index is 13.6. The summed E-state index contributed by atoms with van der Waals surface area (Å²) in [6.45, 7) is -1.33. The Morgan fingerprint density at radius 3 is 2.33 bits per heavy atom. The molecule has 1 aliphatic rings. The Kier molecular flexibility index (Phi) is 3.08. The number of nitrogens with zero attached hydrogens (tertiary/aromatic N) is 1. The van der Waals surface area contributed by atoms with E-state index in [-0.39, 0.29) is 5.69 Å². The largest absolute Gasteiger partial charge is 0.405 e. The summed E-state index contributed by atoms with van der Waals surface area (Å²) in [5.74, 6) is -2.53. The van der Waals surface area contributed by atoms with Crippen LogP contribution in [-0.2, 0) is 0 Å². The van der Waals surface area contributed by atoms with Crippen LogP contribution in [-0.4, -0.2) is 18.8 Å². The van der Waals surface area contributed by atoms with Gasteiger partial charge in [0.25, 0.3) is 0 Å². The van der Waals surface area contributed by atoms with E-state index >= 15 is 0 Å². The van der Waals surface area contributed by atoms with Crippen molar-refractivity contribution in [1.82, 2.24) is 0 Å². The molecule has 18 heavy (non-hydrogen) atoms. The van der Waals surface area contributed by atoms with Crippen LogP contribution in [0.4, 0.5) is 33.3 Å². The monoisotopic (exact) mass is 266 g/mol. The molecule has 2 nitrogen and oxygen atoms in total. The zero-order valence-electron chi connectivity index (χ0n) is 9.27. The van der Waals surface area contributed by atoms with Gasteiger partial charge < -0.3 is 10.6 Å². The summed E-state index contributed by atoms with van der Waals surface area (Å²) in [4.78, 5) is 0.799. The maximum atomic E-state index is 13.6. The standard InChI is InChI=1S/C11H11F5N2/c12-7-3-4-8(17)10(9(7)13)18(6-1-2-6)5-11(14,15)16/h3-4,6H,1-2,5,17H2. The molecule has 0 atom stereocenters. The molecule has 0 aliphatic heterocycles. The zero-order chi connectivity index (χ0) is 13.5. The van der Waals surface area contributed by atoms with E-state index < -0.39 is 36.1 Å². The van der Waals surface area contributed by atoms with Gasteiger partial charge in [-0.25, -0.2) is 8.78 Å². The Labute approximate surface area is 100 Å². The molecular formula is C11H11F5N2. The highest BCUT2D eigenvalue weighted by Gasteiger charge is 2.40. The molecule has 1 aromatic carbocycles. The van der Waals surface area contributed by atoms with Crippen molar-refractivity contribution in [3.05, 3.63) is 23.8 Å². The van der Waals surface area contributed by atoms with Gasteiger partial charge in [-0.15, -0.1) is 0 Å². The summed E-state index contributed by atoms with van der Waals surface area (Å²) >= 11 is 0. The Morgan fingerprint density at radius 1 is 1.22 bits per heavy atom. The van der Waals surface area contributed by atoms with Crippen LogP contribution >= 0.6 is 0 Å². The number of anilines is 2. The van der Waals surface area contributed by atoms with E-state index in [1.165, 1.54) is 0 Å². The average Bonchev–Trinajstić information content (AvgIpc) is 3.04. The first-order valence-corrected chi connectivity index (χ1v) is 5.36. The highest BCUT2D eigenvalue weighted by atomic mass is 19.4. The van der Waals surface area contributed by atoms with Crippen molar-refractivity contribution in [1.29, 1.82) is 0 Å². The lowest BCUT2D eigenvalue weighted by Gasteiger charge is -2.27. The van der Waals surface area contributed by atoms with E-state index in [4.69, 9.17) is 5.73 Å². The summed E-state index contributed by atoms with van der Waals surface area (Å²) in [6, 6.07) is 1.44. The minimum atomic E-state index is -4.49. The van der Waals surface area contributed by atoms with Crippen LogP contribution in [0.1, 0.15) is 12.8 Å². The Hall–Kier alpha value is -1.53. The van der Waals surface area contributed by atoms with Crippen molar-refractivity contribution in [3.8, 4) is 0 Å². The highest BCUT2D eigenvalue weighted by Crippen LogP contribution is 2.39. The topological polar surface area (TPSA) is 29.3 Å². The first kappa shape index (κ1) is 12.9. The number of hydrogen-bond donors (Lipinski definition) is 1. The number of halogens is 5. The quantitative estimate of drug-likeness (QED) is 0.673. The molecule has 2 N–H and O–H groups in total. The van der Waals surface area contributed by atoms with Gasteiger partial charge in [0.1, 0.15) is 6.54 Å². The molecule has 0 radical (unpaired) electrons. The molecule has 1 saturated carbocycles. The fraction of sp³-hybridized carbons (Fsp3) is 0.455. The van der Waals surface area contributed by atoms with E-state index in [9.17, 15) is 22.0 Å². The van der Waals surface area contributed by atoms with Crippen LogP contribution in [0.15, 0.2) is 12.1 Å². The summed E-state index contributed by atoms with van der Waals surface area (Å²) in [7, 11) is 0. The Bertz CT molecular complexity index is 453. The third-order valence-electron chi connectivity index (χ3n) is 2.72. The van der Waals surface area contributed by atoms with E-state index in [1.807, 2.05) is 0 Å². The number of rotatable bonds is 3. The van der Waals surface area contributed by atoms with Gasteiger partial charge in [0.15, 0.2) is 11.6 Å². The van der Waals surface area contributed by atoms with Crippen LogP contribution < -0.4 is 10.6 Å². The van der Waals surface area contributed by atoms with Gasteiger partial charge >= 0.3 is 6.18 Å². The highest BCUT2D eigenvalue weighted by molar-refractivity contribution is 5.69. The molecule has 0 bridgehead atoms. The van der Waals surface area contributed by atoms with Gasteiger partial charge in [-0.3, -0.25) is 0 Å². The van der Waals surface area contributed by atoms with Crippen LogP contribution in [0, 0.1) is 11.6 Å². The number of hydrogen-bond acceptors (Lipinski definition) is 2. The van der Waals surface area contributed by atoms with E-state index in [0.29, 0.717) is 12.8 Å². The second kappa shape index (κ2) is 4.29. The fourth-order valence-corrected chi connectivity index (χ4v) is 1.82. The molecule has 0 heterocycles. The maximum Gasteiger partial charge on any atom is 0.405 e. The van der Waals surface area contributed by atoms with Crippen molar-refractivity contribution in [3.63, 3.8) is 0 Å². The number of nitrogen functional groups attached to an aromatic ring is 1. The molecule has 100 valence electrons. The molecule has 2 rings (SSSR count). The SMILES string of the molecule is Nc1ccc(F)c(F)c1N(CC(F)(F)F)C1CC1. The van der Waals surface area contributed by atoms with Crippen molar-refractivity contribution < 1.29 is 22.0 Å². The van der Waals surface area contributed by atoms with Crippen molar-refractivity contribution >= 4 is 11.4 Å². The third kappa shape index (κ3) is 2.65. The van der Waals surface area contributed by atoms with Crippen LogP contribution in [0.25, 0.3) is 0 Å². The summed E-state index contributed by atoms with van der Waals surface area (Å²) in [5.41, 5.74) is 4.78. The predicted molar refractivity (Wildman–Crippen MR) is 57.2 cm³/mol. The van der Waals surface area contributed by atoms with E-state index in [1.54, 1.807) is 0 Å². The molecule has 1 aromatic rings. The molecular weight excluding hydrogens is 255 g/mol. The second-order valence-corrected chi connectivity index (χ2v) is 4.27. The van der Waals surface area contributed by atoms with Crippen LogP contribution in [0.5, 0.6) is 0 Å². The molecule has 0 unspecified atom stereocenters. The van der Waals surface area contributed by atoms with Crippen LogP contribution in [0.3, 0.4) is 0 Å². The third-order valence-corrected chi connectivity index (χ3v) is 2.72. The smallest absolute Gasteiger partial charge is 0.397 e. The second-order valence-electron chi connectivity index (χ2n) is 4.27. The van der Waals surface area contributed by atoms with Crippen LogP contribution in [0.2, 0.25) is 0 Å². The molecule has 0 saturated heterocycles. The minimum Gasteiger partial charge on any atom is -0.397 e. The summed E-state index contributed by atoms with van der Waals surface area (Å²) < 4.78 is 64.0. The first-order chi connectivity index (χ1) is 8.29. The molecule has 0 aromatic heterocycles. The van der Waals surface area contributed by atoms with Gasteiger partial charge in [0.05, 0.1) is 11.4 Å². The number of benzene rings is 1. The average molecular weight is 266 g/mol. The lowest BCUT2D eigenvalue weighted by molar-refractivity contribution is -0.120. The van der Waals surface area contributed by atoms with Crippen molar-refractivity contribution in [2.75, 3.05) is 17.2 Å². The normalized spacial score (nSPS) is 15.8. The zero-order valence-corrected chi connectivity index (χ0v) is 9.27. The van der Waals surface area contributed by atoms with Gasteiger partial charge in [-0.1, -0.05) is 0 Å². The molecule has 0 amide bonds. The van der Waals surface area contributed by atoms with Gasteiger partial charge in [0.2, 0.25) is 0 Å². The lowest BCUT2D eigenvalue weighted by Crippen LogP contribution is -2.37. The predicted octanol–water partition coefficient (Wildman–Crippen LogP) is 3.08. The van der Waals surface area contributed by atoms with Crippen molar-refractivity contribution in [2.24, 2.45) is 0 Å². The van der Waals surface area contributed by atoms with Gasteiger partial charge in [-0.05, 0) is 25.0 Å². The Morgan fingerprint density at radius 2 is 1.83 bits per heavy atom. The Balaban J connectivity index is 2.39. The molecule has 7 heteroatoms. The lowest BCUT2D eigenvalue weighted by atomic mass is 10.2. The fourth-order valence-electron chi connectivity index (χ4n) is 1.82. The molecule has 1 fully saturated rings. The number of nitrogens with two attached hydrogens (primary N) is 1. The summed E-state index contributed by atoms with van der Waals surface area (Å²) in [6.07, 6.45) is -3.45. The van der Waals surface area contributed by atoms with Gasteiger partial charge in [-0.2, -0.15) is 13.2 Å². The van der Waals surface area contributed by atoms with Gasteiger partial charge in [0, 0.05) is 6.04 Å². The van der Waals surface area contributed by atoms with E-state index in [2.05, 4.69) is 0 Å². The molecule has 1 aliphatic carbocycles.